The number of rotatable bonds is 7. The number of nitrogens with zero attached hydrogens (tertiary/aromatic N) is 2. The van der Waals surface area contributed by atoms with Crippen molar-refractivity contribution in [1.82, 2.24) is 4.90 Å². The van der Waals surface area contributed by atoms with Gasteiger partial charge < -0.3 is 4.74 Å². The van der Waals surface area contributed by atoms with Gasteiger partial charge in [-0.3, -0.25) is 15.0 Å². The van der Waals surface area contributed by atoms with E-state index in [0.29, 0.717) is 13.0 Å². The lowest BCUT2D eigenvalue weighted by atomic mass is 10.2. The molecule has 122 valence electrons. The Morgan fingerprint density at radius 2 is 2.14 bits per heavy atom. The maximum Gasteiger partial charge on any atom is 0.310 e. The second kappa shape index (κ2) is 7.06. The minimum atomic E-state index is -2.92. The Bertz CT molecular complexity index is 632. The van der Waals surface area contributed by atoms with Gasteiger partial charge in [-0.25, -0.2) is 8.42 Å². The van der Waals surface area contributed by atoms with E-state index in [4.69, 9.17) is 4.74 Å². The molecular formula is C14H20N2O5S. The fraction of sp³-hybridized carbons (Fsp3) is 0.571. The zero-order valence-corrected chi connectivity index (χ0v) is 13.3. The van der Waals surface area contributed by atoms with Crippen LogP contribution in [0.25, 0.3) is 0 Å². The number of sulfone groups is 1. The molecule has 1 heterocycles. The topological polar surface area (TPSA) is 89.8 Å². The van der Waals surface area contributed by atoms with Gasteiger partial charge in [0.2, 0.25) is 0 Å². The third kappa shape index (κ3) is 4.17. The van der Waals surface area contributed by atoms with Gasteiger partial charge in [0.05, 0.1) is 16.4 Å². The van der Waals surface area contributed by atoms with Crippen LogP contribution in [0.2, 0.25) is 0 Å². The quantitative estimate of drug-likeness (QED) is 0.556. The van der Waals surface area contributed by atoms with Crippen LogP contribution >= 0.6 is 0 Å². The molecule has 2 rings (SSSR count). The van der Waals surface area contributed by atoms with E-state index in [2.05, 4.69) is 4.90 Å². The maximum atomic E-state index is 11.5. The van der Waals surface area contributed by atoms with Gasteiger partial charge in [0.15, 0.2) is 15.6 Å². The summed E-state index contributed by atoms with van der Waals surface area (Å²) in [4.78, 5) is 12.5. The van der Waals surface area contributed by atoms with Gasteiger partial charge in [0.25, 0.3) is 0 Å². The highest BCUT2D eigenvalue weighted by Crippen LogP contribution is 2.26. The number of ether oxygens (including phenoxy) is 1. The fourth-order valence-electron chi connectivity index (χ4n) is 2.67. The number of hydrogen-bond donors (Lipinski definition) is 0. The van der Waals surface area contributed by atoms with Crippen molar-refractivity contribution in [1.29, 1.82) is 0 Å². The molecule has 1 unspecified atom stereocenters. The lowest BCUT2D eigenvalue weighted by Gasteiger charge is -2.26. The summed E-state index contributed by atoms with van der Waals surface area (Å²) in [6.45, 7) is 3.52. The Hall–Kier alpha value is -1.67. The highest BCUT2D eigenvalue weighted by atomic mass is 32.2. The minimum Gasteiger partial charge on any atom is -0.485 e. The van der Waals surface area contributed by atoms with E-state index >= 15 is 0 Å². The molecular weight excluding hydrogens is 308 g/mol. The molecule has 1 aliphatic rings. The van der Waals surface area contributed by atoms with Gasteiger partial charge in [-0.1, -0.05) is 19.1 Å². The van der Waals surface area contributed by atoms with Gasteiger partial charge in [-0.2, -0.15) is 0 Å². The first kappa shape index (κ1) is 16.7. The predicted octanol–water partition coefficient (Wildman–Crippen LogP) is 1.48. The molecule has 0 amide bonds. The molecule has 0 saturated carbocycles. The van der Waals surface area contributed by atoms with Crippen LogP contribution in [0.1, 0.15) is 13.3 Å². The normalized spacial score (nSPS) is 20.2. The molecule has 1 fully saturated rings. The monoisotopic (exact) mass is 328 g/mol. The van der Waals surface area contributed by atoms with Gasteiger partial charge >= 0.3 is 5.69 Å². The number of nitro groups is 1. The van der Waals surface area contributed by atoms with Crippen molar-refractivity contribution in [2.24, 2.45) is 0 Å². The molecule has 1 aromatic carbocycles. The molecule has 1 aromatic rings. The Labute approximate surface area is 129 Å². The van der Waals surface area contributed by atoms with Crippen LogP contribution in [-0.2, 0) is 9.84 Å². The second-order valence-corrected chi connectivity index (χ2v) is 7.49. The summed E-state index contributed by atoms with van der Waals surface area (Å²) >= 11 is 0. The molecule has 0 aliphatic carbocycles. The van der Waals surface area contributed by atoms with Gasteiger partial charge in [0, 0.05) is 18.7 Å². The third-order valence-electron chi connectivity index (χ3n) is 3.83. The van der Waals surface area contributed by atoms with Crippen LogP contribution in [-0.4, -0.2) is 55.5 Å². The molecule has 8 heteroatoms. The number of benzene rings is 1. The average Bonchev–Trinajstić information content (AvgIpc) is 2.84. The molecule has 1 saturated heterocycles. The van der Waals surface area contributed by atoms with Gasteiger partial charge in [-0.15, -0.1) is 0 Å². The smallest absolute Gasteiger partial charge is 0.310 e. The summed E-state index contributed by atoms with van der Waals surface area (Å²) < 4.78 is 28.6. The minimum absolute atomic E-state index is 0.0179. The van der Waals surface area contributed by atoms with Gasteiger partial charge in [0.1, 0.15) is 6.61 Å². The Kier molecular flexibility index (Phi) is 5.36. The molecule has 22 heavy (non-hydrogen) atoms. The first-order chi connectivity index (χ1) is 10.4. The largest absolute Gasteiger partial charge is 0.485 e. The summed E-state index contributed by atoms with van der Waals surface area (Å²) in [5.41, 5.74) is -0.0611. The zero-order chi connectivity index (χ0) is 16.2. The Morgan fingerprint density at radius 1 is 1.41 bits per heavy atom. The molecule has 0 bridgehead atoms. The van der Waals surface area contributed by atoms with E-state index in [0.717, 1.165) is 6.54 Å². The van der Waals surface area contributed by atoms with E-state index in [9.17, 15) is 18.5 Å². The SMILES string of the molecule is CCN(CCOc1ccccc1[N+](=O)[O-])C1CCS(=O)(=O)C1. The van der Waals surface area contributed by atoms with Crippen molar-refractivity contribution in [3.8, 4) is 5.75 Å². The Balaban J connectivity index is 1.91. The molecule has 1 atom stereocenters. The van der Waals surface area contributed by atoms with E-state index in [-0.39, 0.29) is 35.6 Å². The van der Waals surface area contributed by atoms with Crippen molar-refractivity contribution in [2.75, 3.05) is 31.2 Å². The maximum absolute atomic E-state index is 11.5. The lowest BCUT2D eigenvalue weighted by Crippen LogP contribution is -2.38. The summed E-state index contributed by atoms with van der Waals surface area (Å²) in [5.74, 6) is 0.661. The lowest BCUT2D eigenvalue weighted by molar-refractivity contribution is -0.385. The number of hydrogen-bond acceptors (Lipinski definition) is 6. The number of para-hydroxylation sites is 2. The van der Waals surface area contributed by atoms with Crippen molar-refractivity contribution < 1.29 is 18.1 Å². The van der Waals surface area contributed by atoms with Crippen LogP contribution < -0.4 is 4.74 Å². The fourth-order valence-corrected chi connectivity index (χ4v) is 4.43. The van der Waals surface area contributed by atoms with Crippen LogP contribution in [0.4, 0.5) is 5.69 Å². The highest BCUT2D eigenvalue weighted by molar-refractivity contribution is 7.91. The predicted molar refractivity (Wildman–Crippen MR) is 82.9 cm³/mol. The van der Waals surface area contributed by atoms with Crippen molar-refractivity contribution in [3.05, 3.63) is 34.4 Å². The van der Waals surface area contributed by atoms with E-state index in [1.807, 2.05) is 6.92 Å². The molecule has 0 aromatic heterocycles. The van der Waals surface area contributed by atoms with Crippen LogP contribution in [0.3, 0.4) is 0 Å². The Morgan fingerprint density at radius 3 is 2.73 bits per heavy atom. The summed E-state index contributed by atoms with van der Waals surface area (Å²) in [5, 5.41) is 10.9. The average molecular weight is 328 g/mol. The molecule has 0 radical (unpaired) electrons. The van der Waals surface area contributed by atoms with Crippen molar-refractivity contribution >= 4 is 15.5 Å². The molecule has 0 spiro atoms. The second-order valence-electron chi connectivity index (χ2n) is 5.26. The van der Waals surface area contributed by atoms with Crippen molar-refractivity contribution in [2.45, 2.75) is 19.4 Å². The van der Waals surface area contributed by atoms with E-state index in [1.54, 1.807) is 18.2 Å². The molecule has 0 N–H and O–H groups in total. The third-order valence-corrected chi connectivity index (χ3v) is 5.58. The van der Waals surface area contributed by atoms with E-state index < -0.39 is 14.8 Å². The highest BCUT2D eigenvalue weighted by Gasteiger charge is 2.31. The van der Waals surface area contributed by atoms with Crippen LogP contribution in [0.15, 0.2) is 24.3 Å². The summed E-state index contributed by atoms with van der Waals surface area (Å²) in [7, 11) is -2.92. The molecule has 7 nitrogen and oxygen atoms in total. The molecule has 1 aliphatic heterocycles. The number of nitro benzene ring substituents is 1. The standard InChI is InChI=1S/C14H20N2O5S/c1-2-15(12-7-10-22(19,20)11-12)8-9-21-14-6-4-3-5-13(14)16(17)18/h3-6,12H,2,7-11H2,1H3. The zero-order valence-electron chi connectivity index (χ0n) is 12.5. The van der Waals surface area contributed by atoms with Gasteiger partial charge in [-0.05, 0) is 19.0 Å². The first-order valence-electron chi connectivity index (χ1n) is 7.23. The number of likely N-dealkylation sites (N-methyl/N-ethyl adjacent to an activating group) is 1. The van der Waals surface area contributed by atoms with Crippen LogP contribution in [0, 0.1) is 10.1 Å². The first-order valence-corrected chi connectivity index (χ1v) is 9.06. The summed E-state index contributed by atoms with van der Waals surface area (Å²) in [6, 6.07) is 6.26. The summed E-state index contributed by atoms with van der Waals surface area (Å²) in [6.07, 6.45) is 0.641. The van der Waals surface area contributed by atoms with Crippen LogP contribution in [0.5, 0.6) is 5.75 Å². The van der Waals surface area contributed by atoms with Crippen molar-refractivity contribution in [3.63, 3.8) is 0 Å². The van der Waals surface area contributed by atoms with E-state index in [1.165, 1.54) is 6.07 Å².